The van der Waals surface area contributed by atoms with Gasteiger partial charge in [0.05, 0.1) is 5.56 Å². The third-order valence-electron chi connectivity index (χ3n) is 3.67. The van der Waals surface area contributed by atoms with Gasteiger partial charge in [-0.2, -0.15) is 13.2 Å². The zero-order valence-corrected chi connectivity index (χ0v) is 14.9. The van der Waals surface area contributed by atoms with E-state index in [9.17, 15) is 22.8 Å². The lowest BCUT2D eigenvalue weighted by Gasteiger charge is -2.19. The van der Waals surface area contributed by atoms with E-state index in [-0.39, 0.29) is 6.54 Å². The van der Waals surface area contributed by atoms with Gasteiger partial charge in [0.1, 0.15) is 11.5 Å². The smallest absolute Gasteiger partial charge is 0.419 e. The van der Waals surface area contributed by atoms with Crippen LogP contribution >= 0.6 is 0 Å². The van der Waals surface area contributed by atoms with Gasteiger partial charge in [0.2, 0.25) is 0 Å². The Hall–Kier alpha value is -3.23. The Morgan fingerprint density at radius 2 is 1.64 bits per heavy atom. The van der Waals surface area contributed by atoms with Gasteiger partial charge in [0.15, 0.2) is 13.2 Å². The number of aliphatic carboxylic acids is 1. The molecule has 9 heteroatoms. The van der Waals surface area contributed by atoms with Crippen LogP contribution in [-0.2, 0) is 22.3 Å². The molecule has 2 aromatic carbocycles. The summed E-state index contributed by atoms with van der Waals surface area (Å²) < 4.78 is 48.9. The second-order valence-electron chi connectivity index (χ2n) is 5.86. The van der Waals surface area contributed by atoms with E-state index in [0.29, 0.717) is 5.75 Å². The van der Waals surface area contributed by atoms with Crippen LogP contribution in [0.15, 0.2) is 48.5 Å². The molecule has 150 valence electrons. The standard InChI is InChI=1S/C19H18F3NO5/c1-23(10-13-6-8-14(9-7-13)27-12-18(25)26)17(24)11-28-16-5-3-2-4-15(16)19(20,21)22/h2-9H,10-12H2,1H3,(H,25,26). The highest BCUT2D eigenvalue weighted by Crippen LogP contribution is 2.35. The van der Waals surface area contributed by atoms with Gasteiger partial charge in [-0.25, -0.2) is 4.79 Å². The number of rotatable bonds is 8. The van der Waals surface area contributed by atoms with E-state index in [0.717, 1.165) is 17.7 Å². The van der Waals surface area contributed by atoms with Gasteiger partial charge < -0.3 is 19.5 Å². The SMILES string of the molecule is CN(Cc1ccc(OCC(=O)O)cc1)C(=O)COc1ccccc1C(F)(F)F. The third kappa shape index (κ3) is 6.19. The quantitative estimate of drug-likeness (QED) is 0.740. The number of amides is 1. The molecule has 0 aromatic heterocycles. The lowest BCUT2D eigenvalue weighted by molar-refractivity contribution is -0.141. The Labute approximate surface area is 159 Å². The molecule has 0 heterocycles. The minimum absolute atomic E-state index is 0.197. The molecule has 1 N–H and O–H groups in total. The number of alkyl halides is 3. The normalized spacial score (nSPS) is 11.0. The minimum atomic E-state index is -4.57. The van der Waals surface area contributed by atoms with Crippen LogP contribution in [0.1, 0.15) is 11.1 Å². The van der Waals surface area contributed by atoms with Crippen molar-refractivity contribution in [3.05, 3.63) is 59.7 Å². The molecule has 0 fully saturated rings. The maximum absolute atomic E-state index is 12.9. The van der Waals surface area contributed by atoms with Crippen molar-refractivity contribution in [2.24, 2.45) is 0 Å². The second-order valence-corrected chi connectivity index (χ2v) is 5.86. The molecule has 0 unspecified atom stereocenters. The number of carbonyl (C=O) groups is 2. The Kier molecular flexibility index (Phi) is 6.86. The van der Waals surface area contributed by atoms with Crippen LogP contribution in [0.3, 0.4) is 0 Å². The Morgan fingerprint density at radius 3 is 2.25 bits per heavy atom. The first kappa shape index (κ1) is 21.1. The number of carbonyl (C=O) groups excluding carboxylic acids is 1. The summed E-state index contributed by atoms with van der Waals surface area (Å²) in [5.41, 5.74) is -0.211. The summed E-state index contributed by atoms with van der Waals surface area (Å²) in [6.07, 6.45) is -4.57. The number of nitrogens with zero attached hydrogens (tertiary/aromatic N) is 1. The summed E-state index contributed by atoms with van der Waals surface area (Å²) in [7, 11) is 1.50. The van der Waals surface area contributed by atoms with Crippen LogP contribution in [0, 0.1) is 0 Å². The number of para-hydroxylation sites is 1. The molecule has 0 aliphatic heterocycles. The van der Waals surface area contributed by atoms with Gasteiger partial charge >= 0.3 is 12.1 Å². The molecule has 0 radical (unpaired) electrons. The largest absolute Gasteiger partial charge is 0.483 e. The molecule has 0 atom stereocenters. The predicted octanol–water partition coefficient (Wildman–Crippen LogP) is 3.21. The van der Waals surface area contributed by atoms with Crippen LogP contribution in [0.2, 0.25) is 0 Å². The maximum Gasteiger partial charge on any atom is 0.419 e. The number of halogens is 3. The predicted molar refractivity (Wildman–Crippen MR) is 93.0 cm³/mol. The van der Waals surface area contributed by atoms with Crippen LogP contribution < -0.4 is 9.47 Å². The average molecular weight is 397 g/mol. The summed E-state index contributed by atoms with van der Waals surface area (Å²) in [5, 5.41) is 8.56. The first-order valence-electron chi connectivity index (χ1n) is 8.13. The van der Waals surface area contributed by atoms with Gasteiger partial charge in [-0.05, 0) is 29.8 Å². The van der Waals surface area contributed by atoms with Gasteiger partial charge in [0.25, 0.3) is 5.91 Å². The van der Waals surface area contributed by atoms with Crippen molar-refractivity contribution in [3.8, 4) is 11.5 Å². The number of carboxylic acids is 1. The number of ether oxygens (including phenoxy) is 2. The van der Waals surface area contributed by atoms with Crippen molar-refractivity contribution in [2.75, 3.05) is 20.3 Å². The summed E-state index contributed by atoms with van der Waals surface area (Å²) in [4.78, 5) is 23.9. The topological polar surface area (TPSA) is 76.1 Å². The van der Waals surface area contributed by atoms with E-state index in [2.05, 4.69) is 0 Å². The van der Waals surface area contributed by atoms with Crippen LogP contribution in [0.5, 0.6) is 11.5 Å². The monoisotopic (exact) mass is 397 g/mol. The van der Waals surface area contributed by atoms with E-state index in [1.165, 1.54) is 24.1 Å². The Balaban J connectivity index is 1.91. The number of benzene rings is 2. The average Bonchev–Trinajstić information content (AvgIpc) is 2.65. The summed E-state index contributed by atoms with van der Waals surface area (Å²) in [5.74, 6) is -1.63. The van der Waals surface area contributed by atoms with Gasteiger partial charge in [-0.15, -0.1) is 0 Å². The lowest BCUT2D eigenvalue weighted by atomic mass is 10.2. The van der Waals surface area contributed by atoms with E-state index in [1.807, 2.05) is 0 Å². The van der Waals surface area contributed by atoms with Crippen LogP contribution in [0.4, 0.5) is 13.2 Å². The van der Waals surface area contributed by atoms with Crippen molar-refractivity contribution in [1.82, 2.24) is 4.90 Å². The summed E-state index contributed by atoms with van der Waals surface area (Å²) >= 11 is 0. The highest BCUT2D eigenvalue weighted by Gasteiger charge is 2.34. The van der Waals surface area contributed by atoms with Crippen molar-refractivity contribution in [3.63, 3.8) is 0 Å². The molecule has 0 bridgehead atoms. The van der Waals surface area contributed by atoms with Gasteiger partial charge in [0, 0.05) is 13.6 Å². The molecule has 6 nitrogen and oxygen atoms in total. The molecule has 28 heavy (non-hydrogen) atoms. The number of likely N-dealkylation sites (N-methyl/N-ethyl adjacent to an activating group) is 1. The van der Waals surface area contributed by atoms with Crippen molar-refractivity contribution in [2.45, 2.75) is 12.7 Å². The fourth-order valence-electron chi connectivity index (χ4n) is 2.27. The van der Waals surface area contributed by atoms with Crippen LogP contribution in [0.25, 0.3) is 0 Å². The fourth-order valence-corrected chi connectivity index (χ4v) is 2.27. The van der Waals surface area contributed by atoms with E-state index < -0.39 is 42.6 Å². The van der Waals surface area contributed by atoms with Crippen molar-refractivity contribution in [1.29, 1.82) is 0 Å². The molecule has 1 amide bonds. The molecular formula is C19H18F3NO5. The van der Waals surface area contributed by atoms with Crippen molar-refractivity contribution < 1.29 is 37.3 Å². The van der Waals surface area contributed by atoms with E-state index in [1.54, 1.807) is 24.3 Å². The zero-order valence-electron chi connectivity index (χ0n) is 14.9. The molecule has 2 rings (SSSR count). The van der Waals surface area contributed by atoms with Gasteiger partial charge in [-0.3, -0.25) is 4.79 Å². The molecule has 0 saturated heterocycles. The number of hydrogen-bond donors (Lipinski definition) is 1. The second kappa shape index (κ2) is 9.12. The highest BCUT2D eigenvalue weighted by atomic mass is 19.4. The minimum Gasteiger partial charge on any atom is -0.483 e. The molecule has 0 spiro atoms. The summed E-state index contributed by atoms with van der Waals surface area (Å²) in [6.45, 7) is -0.805. The first-order valence-corrected chi connectivity index (χ1v) is 8.13. The number of carboxylic acid groups (broad SMARTS) is 1. The third-order valence-corrected chi connectivity index (χ3v) is 3.67. The molecule has 2 aromatic rings. The Bertz CT molecular complexity index is 821. The molecule has 0 aliphatic carbocycles. The summed E-state index contributed by atoms with van der Waals surface area (Å²) in [6, 6.07) is 11.1. The molecular weight excluding hydrogens is 379 g/mol. The molecule has 0 aliphatic rings. The fraction of sp³-hybridized carbons (Fsp3) is 0.263. The zero-order chi connectivity index (χ0) is 20.7. The molecule has 0 saturated carbocycles. The highest BCUT2D eigenvalue weighted by molar-refractivity contribution is 5.77. The number of hydrogen-bond acceptors (Lipinski definition) is 4. The van der Waals surface area contributed by atoms with Crippen LogP contribution in [-0.4, -0.2) is 42.1 Å². The van der Waals surface area contributed by atoms with Crippen molar-refractivity contribution >= 4 is 11.9 Å². The first-order chi connectivity index (χ1) is 13.2. The maximum atomic E-state index is 12.9. The van der Waals surface area contributed by atoms with E-state index >= 15 is 0 Å². The lowest BCUT2D eigenvalue weighted by Crippen LogP contribution is -2.31. The van der Waals surface area contributed by atoms with E-state index in [4.69, 9.17) is 14.6 Å². The Morgan fingerprint density at radius 1 is 1.00 bits per heavy atom. The van der Waals surface area contributed by atoms with Gasteiger partial charge in [-0.1, -0.05) is 24.3 Å².